The van der Waals surface area contributed by atoms with Crippen molar-refractivity contribution in [1.29, 1.82) is 5.26 Å². The molecule has 1 aromatic heterocycles. The van der Waals surface area contributed by atoms with Gasteiger partial charge in [0, 0.05) is 62.5 Å². The summed E-state index contributed by atoms with van der Waals surface area (Å²) >= 11 is 0. The van der Waals surface area contributed by atoms with E-state index in [9.17, 15) is 27.7 Å². The zero-order valence-corrected chi connectivity index (χ0v) is 28.9. The molecule has 0 unspecified atom stereocenters. The van der Waals surface area contributed by atoms with Gasteiger partial charge in [-0.2, -0.15) is 9.57 Å². The Morgan fingerprint density at radius 2 is 1.76 bits per heavy atom. The molecule has 0 bridgehead atoms. The molecule has 266 valence electrons. The zero-order valence-electron chi connectivity index (χ0n) is 28.1. The van der Waals surface area contributed by atoms with Crippen LogP contribution in [0, 0.1) is 22.6 Å². The second-order valence-corrected chi connectivity index (χ2v) is 15.8. The van der Waals surface area contributed by atoms with E-state index in [1.54, 1.807) is 24.0 Å². The van der Waals surface area contributed by atoms with E-state index in [0.717, 1.165) is 76.5 Å². The van der Waals surface area contributed by atoms with Crippen molar-refractivity contribution >= 4 is 27.6 Å². The molecule has 13 nitrogen and oxygen atoms in total. The monoisotopic (exact) mass is 715 g/mol. The first-order valence-electron chi connectivity index (χ1n) is 17.2. The van der Waals surface area contributed by atoms with Gasteiger partial charge in [0.1, 0.15) is 5.82 Å². The highest BCUT2D eigenvalue weighted by atomic mass is 32.2. The number of anilines is 1. The smallest absolute Gasteiger partial charge is 0.318 e. The summed E-state index contributed by atoms with van der Waals surface area (Å²) in [6.45, 7) is 8.40. The van der Waals surface area contributed by atoms with Crippen LogP contribution in [-0.2, 0) is 25.1 Å². The van der Waals surface area contributed by atoms with Gasteiger partial charge in [-0.05, 0) is 74.4 Å². The maximum absolute atomic E-state index is 14.9. The predicted molar refractivity (Wildman–Crippen MR) is 182 cm³/mol. The number of aromatic nitrogens is 1. The highest BCUT2D eigenvalue weighted by Gasteiger charge is 2.61. The molecule has 51 heavy (non-hydrogen) atoms. The maximum Gasteiger partial charge on any atom is 0.318 e. The minimum atomic E-state index is -4.63. The number of amides is 3. The van der Waals surface area contributed by atoms with Crippen molar-refractivity contribution in [1.82, 2.24) is 25.0 Å². The third kappa shape index (κ3) is 5.43. The van der Waals surface area contributed by atoms with Crippen molar-refractivity contribution in [2.45, 2.75) is 42.3 Å². The highest BCUT2D eigenvalue weighted by molar-refractivity contribution is 7.93. The number of carbonyl (C=O) groups is 2. The molecular weight excluding hydrogens is 678 g/mol. The van der Waals surface area contributed by atoms with Gasteiger partial charge in [-0.25, -0.2) is 22.6 Å². The van der Waals surface area contributed by atoms with E-state index in [0.29, 0.717) is 29.5 Å². The van der Waals surface area contributed by atoms with Crippen LogP contribution in [0.5, 0.6) is 5.88 Å². The molecule has 3 amide bonds. The van der Waals surface area contributed by atoms with Gasteiger partial charge in [0.25, 0.3) is 15.9 Å². The molecule has 1 spiro atoms. The van der Waals surface area contributed by atoms with Gasteiger partial charge in [0.15, 0.2) is 5.54 Å². The maximum atomic E-state index is 14.9. The number of rotatable bonds is 8. The topological polar surface area (TPSA) is 148 Å². The number of pyridine rings is 1. The lowest BCUT2D eigenvalue weighted by molar-refractivity contribution is -0.129. The van der Waals surface area contributed by atoms with Crippen molar-refractivity contribution < 1.29 is 31.9 Å². The molecular formula is C36H38FN7O6S. The van der Waals surface area contributed by atoms with Gasteiger partial charge < -0.3 is 19.7 Å². The number of halogens is 1. The summed E-state index contributed by atoms with van der Waals surface area (Å²) in [5.41, 5.74) is -1.91. The molecule has 1 N–H and O–H groups in total. The average Bonchev–Trinajstić information content (AvgIpc) is 3.31. The van der Waals surface area contributed by atoms with Gasteiger partial charge in [-0.1, -0.05) is 0 Å². The fourth-order valence-corrected chi connectivity index (χ4v) is 9.72. The summed E-state index contributed by atoms with van der Waals surface area (Å²) in [4.78, 5) is 39.9. The second kappa shape index (κ2) is 12.6. The van der Waals surface area contributed by atoms with E-state index in [-0.39, 0.29) is 45.2 Å². The van der Waals surface area contributed by atoms with E-state index in [1.807, 2.05) is 0 Å². The number of hydrogen-bond donors (Lipinski definition) is 1. The lowest BCUT2D eigenvalue weighted by Gasteiger charge is -2.62. The number of nitrogens with zero attached hydrogens (tertiary/aromatic N) is 6. The number of piperidine rings is 1. The van der Waals surface area contributed by atoms with Gasteiger partial charge in [0.2, 0.25) is 5.88 Å². The number of ether oxygens (including phenoxy) is 2. The average molecular weight is 716 g/mol. The van der Waals surface area contributed by atoms with Gasteiger partial charge >= 0.3 is 6.03 Å². The molecule has 4 saturated heterocycles. The molecule has 2 aromatic carbocycles. The van der Waals surface area contributed by atoms with E-state index in [4.69, 9.17) is 9.47 Å². The summed E-state index contributed by atoms with van der Waals surface area (Å²) in [6.07, 6.45) is 3.68. The Kier molecular flexibility index (Phi) is 8.25. The summed E-state index contributed by atoms with van der Waals surface area (Å²) in [6, 6.07) is 14.0. The Morgan fingerprint density at radius 3 is 2.41 bits per heavy atom. The van der Waals surface area contributed by atoms with Crippen LogP contribution in [0.3, 0.4) is 0 Å². The van der Waals surface area contributed by atoms with Crippen LogP contribution in [0.25, 0.3) is 0 Å². The summed E-state index contributed by atoms with van der Waals surface area (Å²) < 4.78 is 54.0. The minimum Gasteiger partial charge on any atom is -0.478 e. The predicted octanol–water partition coefficient (Wildman–Crippen LogP) is 2.66. The number of hydrogen-bond acceptors (Lipinski definition) is 10. The number of nitrogens with one attached hydrogen (secondary N) is 1. The zero-order chi connectivity index (χ0) is 35.5. The van der Waals surface area contributed by atoms with Gasteiger partial charge in [0.05, 0.1) is 53.6 Å². The number of carbonyl (C=O) groups excluding carboxylic acids is 2. The fraction of sp³-hybridized carbons (Fsp3) is 0.444. The van der Waals surface area contributed by atoms with Crippen LogP contribution in [-0.4, -0.2) is 111 Å². The molecule has 15 heteroatoms. The summed E-state index contributed by atoms with van der Waals surface area (Å²) in [7, 11) is -4.63. The number of fused-ring (bicyclic) bond motifs is 1. The standard InChI is InChI=1S/C36H38FN7O6S/c1-2-50-32-29(4-3-13-39-32)36(30-16-24(17-38)5-10-31(30)44(33(36)45)51(47,48)28-8-6-25(37)7-9-28)40-34(46)43-22-35(23-43)20-42(21-35)26-11-14-41(15-12-26)27-18-49-19-27/h3-10,13,16,26-27H,2,11-12,14-15,18-23H2,1H3,(H,40,46)/t36-/m0/s1. The number of nitriles is 1. The SMILES string of the molecule is CCOc1ncccc1[C@@]1(NC(=O)N2CC3(C2)CN(C2CCN(C4COC4)CC2)C3)C(=O)N(S(=O)(=O)c2ccc(F)cc2)c2ccc(C#N)cc21. The molecule has 3 aromatic rings. The van der Waals surface area contributed by atoms with Crippen LogP contribution < -0.4 is 14.4 Å². The lowest BCUT2D eigenvalue weighted by Crippen LogP contribution is -2.76. The van der Waals surface area contributed by atoms with E-state index < -0.39 is 33.3 Å². The van der Waals surface area contributed by atoms with Crippen LogP contribution in [0.4, 0.5) is 14.9 Å². The fourth-order valence-electron chi connectivity index (χ4n) is 8.26. The van der Waals surface area contributed by atoms with Crippen LogP contribution in [0.1, 0.15) is 36.5 Å². The molecule has 8 rings (SSSR count). The normalized spacial score (nSPS) is 23.6. The summed E-state index contributed by atoms with van der Waals surface area (Å²) in [5, 5.41) is 12.8. The minimum absolute atomic E-state index is 0.0218. The molecule has 0 aliphatic carbocycles. The van der Waals surface area contributed by atoms with Crippen molar-refractivity contribution in [3.63, 3.8) is 0 Å². The molecule has 1 atom stereocenters. The Morgan fingerprint density at radius 1 is 1.04 bits per heavy atom. The molecule has 5 aliphatic rings. The number of likely N-dealkylation sites (tertiary alicyclic amines) is 3. The third-order valence-electron chi connectivity index (χ3n) is 10.9. The molecule has 4 fully saturated rings. The third-order valence-corrected chi connectivity index (χ3v) is 12.6. The van der Waals surface area contributed by atoms with Crippen LogP contribution in [0.2, 0.25) is 0 Å². The first-order valence-corrected chi connectivity index (χ1v) is 18.6. The van der Waals surface area contributed by atoms with E-state index in [2.05, 4.69) is 26.2 Å². The van der Waals surface area contributed by atoms with E-state index >= 15 is 0 Å². The molecule has 0 saturated carbocycles. The Bertz CT molecular complexity index is 2020. The second-order valence-electron chi connectivity index (χ2n) is 14.1. The van der Waals surface area contributed by atoms with Crippen molar-refractivity contribution in [3.8, 4) is 11.9 Å². The van der Waals surface area contributed by atoms with E-state index in [1.165, 1.54) is 24.4 Å². The molecule has 0 radical (unpaired) electrons. The highest BCUT2D eigenvalue weighted by Crippen LogP contribution is 2.50. The number of sulfonamides is 1. The largest absolute Gasteiger partial charge is 0.478 e. The Labute approximate surface area is 295 Å². The molecule has 5 aliphatic heterocycles. The Hall–Kier alpha value is -4.62. The van der Waals surface area contributed by atoms with Crippen LogP contribution in [0.15, 0.2) is 65.7 Å². The van der Waals surface area contributed by atoms with Gasteiger partial charge in [-0.3, -0.25) is 14.6 Å². The summed E-state index contributed by atoms with van der Waals surface area (Å²) in [5.74, 6) is -1.64. The number of benzene rings is 2. The first kappa shape index (κ1) is 33.5. The molecule has 6 heterocycles. The van der Waals surface area contributed by atoms with Crippen molar-refractivity contribution in [2.24, 2.45) is 5.41 Å². The lowest BCUT2D eigenvalue weighted by atomic mass is 9.71. The first-order chi connectivity index (χ1) is 24.6. The number of urea groups is 1. The Balaban J connectivity index is 1.09. The quantitative estimate of drug-likeness (QED) is 0.369. The van der Waals surface area contributed by atoms with Gasteiger partial charge in [-0.15, -0.1) is 0 Å². The van der Waals surface area contributed by atoms with Crippen molar-refractivity contribution in [2.75, 3.05) is 63.4 Å². The van der Waals surface area contributed by atoms with Crippen molar-refractivity contribution in [3.05, 3.63) is 83.3 Å². The van der Waals surface area contributed by atoms with Crippen LogP contribution >= 0.6 is 0 Å².